The van der Waals surface area contributed by atoms with E-state index in [1.165, 1.54) is 0 Å². The third-order valence-electron chi connectivity index (χ3n) is 2.03. The summed E-state index contributed by atoms with van der Waals surface area (Å²) in [5, 5.41) is 2.89. The summed E-state index contributed by atoms with van der Waals surface area (Å²) in [4.78, 5) is 11.7. The molecule has 1 amide bonds. The molecule has 0 unspecified atom stereocenters. The van der Waals surface area contributed by atoms with Gasteiger partial charge < -0.3 is 33.8 Å². The van der Waals surface area contributed by atoms with Crippen LogP contribution in [0.25, 0.3) is 0 Å². The van der Waals surface area contributed by atoms with Gasteiger partial charge in [0.05, 0.1) is 21.1 Å². The molecule has 0 fully saturated rings. The molecule has 3 nitrogen and oxygen atoms in total. The Balaban J connectivity index is 0.00000225. The Labute approximate surface area is 114 Å². The molecule has 0 aliphatic rings. The minimum atomic E-state index is -0.0111. The van der Waals surface area contributed by atoms with Gasteiger partial charge in [0.15, 0.2) is 6.67 Å². The van der Waals surface area contributed by atoms with E-state index in [4.69, 9.17) is 0 Å². The molecule has 0 heterocycles. The molecule has 0 atom stereocenters. The standard InChI is InChI=1S/C12H18N2O.HI/c1-10-5-7-11(8-6-10)12(15)13-9-14(2,3)4;/h5-8H,9H2,1-4H3;1H. The predicted molar refractivity (Wildman–Crippen MR) is 61.5 cm³/mol. The number of amides is 1. The lowest BCUT2D eigenvalue weighted by atomic mass is 10.1. The SMILES string of the molecule is Cc1ccc(C(=O)NC[N+](C)(C)C)cc1.[I-]. The Morgan fingerprint density at radius 3 is 2.12 bits per heavy atom. The van der Waals surface area contributed by atoms with E-state index in [1.807, 2.05) is 52.3 Å². The molecule has 1 aromatic rings. The maximum absolute atomic E-state index is 11.7. The summed E-state index contributed by atoms with van der Waals surface area (Å²) in [5.74, 6) is -0.0111. The molecule has 0 aliphatic carbocycles. The van der Waals surface area contributed by atoms with Crippen LogP contribution >= 0.6 is 0 Å². The van der Waals surface area contributed by atoms with E-state index >= 15 is 0 Å². The van der Waals surface area contributed by atoms with E-state index in [0.29, 0.717) is 12.2 Å². The van der Waals surface area contributed by atoms with Gasteiger partial charge in [-0.1, -0.05) is 17.7 Å². The Bertz CT molecular complexity index is 341. The first-order chi connectivity index (χ1) is 6.88. The molecule has 1 rings (SSSR count). The van der Waals surface area contributed by atoms with Crippen LogP contribution in [0.3, 0.4) is 0 Å². The Kier molecular flexibility index (Phi) is 5.96. The van der Waals surface area contributed by atoms with E-state index in [0.717, 1.165) is 10.0 Å². The van der Waals surface area contributed by atoms with Crippen molar-refractivity contribution in [3.8, 4) is 0 Å². The summed E-state index contributed by atoms with van der Waals surface area (Å²) in [7, 11) is 6.11. The number of nitrogens with zero attached hydrogens (tertiary/aromatic N) is 1. The number of halogens is 1. The van der Waals surface area contributed by atoms with Crippen LogP contribution < -0.4 is 29.3 Å². The van der Waals surface area contributed by atoms with Crippen LogP contribution in [0.5, 0.6) is 0 Å². The van der Waals surface area contributed by atoms with Crippen LogP contribution in [0.2, 0.25) is 0 Å². The van der Waals surface area contributed by atoms with E-state index in [-0.39, 0.29) is 29.9 Å². The number of carbonyl (C=O) groups excluding carboxylic acids is 1. The van der Waals surface area contributed by atoms with E-state index < -0.39 is 0 Å². The number of rotatable bonds is 3. The Morgan fingerprint density at radius 2 is 1.69 bits per heavy atom. The van der Waals surface area contributed by atoms with Crippen molar-refractivity contribution < 1.29 is 33.3 Å². The fourth-order valence-electron chi connectivity index (χ4n) is 1.12. The van der Waals surface area contributed by atoms with Crippen LogP contribution in [0.15, 0.2) is 24.3 Å². The second kappa shape index (κ2) is 6.20. The minimum absolute atomic E-state index is 0. The lowest BCUT2D eigenvalue weighted by Crippen LogP contribution is -3.00. The largest absolute Gasteiger partial charge is 1.00 e. The van der Waals surface area contributed by atoms with E-state index in [9.17, 15) is 4.79 Å². The number of hydrogen-bond donors (Lipinski definition) is 1. The number of nitrogens with one attached hydrogen (secondary N) is 1. The third kappa shape index (κ3) is 5.46. The van der Waals surface area contributed by atoms with Crippen LogP contribution in [-0.4, -0.2) is 38.2 Å². The smallest absolute Gasteiger partial charge is 0.255 e. The molecule has 0 bridgehead atoms. The summed E-state index contributed by atoms with van der Waals surface area (Å²) in [6, 6.07) is 7.59. The predicted octanol–water partition coefficient (Wildman–Crippen LogP) is -1.61. The summed E-state index contributed by atoms with van der Waals surface area (Å²) < 4.78 is 0.720. The zero-order chi connectivity index (χ0) is 11.5. The molecule has 0 spiro atoms. The monoisotopic (exact) mass is 334 g/mol. The van der Waals surface area contributed by atoms with Gasteiger partial charge in [-0.05, 0) is 19.1 Å². The second-order valence-corrected chi connectivity index (χ2v) is 4.82. The molecule has 0 saturated heterocycles. The van der Waals surface area contributed by atoms with Crippen molar-refractivity contribution in [2.24, 2.45) is 0 Å². The molecule has 16 heavy (non-hydrogen) atoms. The highest BCUT2D eigenvalue weighted by Gasteiger charge is 2.10. The van der Waals surface area contributed by atoms with Crippen molar-refractivity contribution in [2.75, 3.05) is 27.8 Å². The van der Waals surface area contributed by atoms with Crippen molar-refractivity contribution in [3.63, 3.8) is 0 Å². The lowest BCUT2D eigenvalue weighted by molar-refractivity contribution is -0.872. The number of benzene rings is 1. The minimum Gasteiger partial charge on any atom is -1.00 e. The van der Waals surface area contributed by atoms with Gasteiger partial charge in [-0.15, -0.1) is 0 Å². The zero-order valence-electron chi connectivity index (χ0n) is 10.2. The fourth-order valence-corrected chi connectivity index (χ4v) is 1.12. The quantitative estimate of drug-likeness (QED) is 0.402. The van der Waals surface area contributed by atoms with Crippen LogP contribution in [0.4, 0.5) is 0 Å². The molecule has 90 valence electrons. The van der Waals surface area contributed by atoms with Crippen molar-refractivity contribution >= 4 is 5.91 Å². The molecule has 1 N–H and O–H groups in total. The number of carbonyl (C=O) groups is 1. The fraction of sp³-hybridized carbons (Fsp3) is 0.417. The van der Waals surface area contributed by atoms with Crippen LogP contribution in [-0.2, 0) is 0 Å². The van der Waals surface area contributed by atoms with E-state index in [1.54, 1.807) is 0 Å². The summed E-state index contributed by atoms with van der Waals surface area (Å²) in [6.45, 7) is 2.64. The van der Waals surface area contributed by atoms with Gasteiger partial charge in [0, 0.05) is 5.56 Å². The van der Waals surface area contributed by atoms with Crippen molar-refractivity contribution in [1.29, 1.82) is 0 Å². The van der Waals surface area contributed by atoms with Gasteiger partial charge in [0.2, 0.25) is 0 Å². The first-order valence-electron chi connectivity index (χ1n) is 5.04. The number of quaternary nitrogens is 1. The summed E-state index contributed by atoms with van der Waals surface area (Å²) >= 11 is 0. The van der Waals surface area contributed by atoms with Gasteiger partial charge in [-0.2, -0.15) is 0 Å². The van der Waals surface area contributed by atoms with Crippen LogP contribution in [0.1, 0.15) is 15.9 Å². The third-order valence-corrected chi connectivity index (χ3v) is 2.03. The molecule has 1 aromatic carbocycles. The maximum Gasteiger partial charge on any atom is 0.255 e. The van der Waals surface area contributed by atoms with Gasteiger partial charge in [0.25, 0.3) is 5.91 Å². The van der Waals surface area contributed by atoms with Gasteiger partial charge in [-0.25, -0.2) is 0 Å². The highest BCUT2D eigenvalue weighted by atomic mass is 127. The second-order valence-electron chi connectivity index (χ2n) is 4.82. The van der Waals surface area contributed by atoms with Gasteiger partial charge >= 0.3 is 0 Å². The maximum atomic E-state index is 11.7. The lowest BCUT2D eigenvalue weighted by Gasteiger charge is -2.23. The first kappa shape index (κ1) is 15.4. The van der Waals surface area contributed by atoms with Gasteiger partial charge in [0.1, 0.15) is 0 Å². The van der Waals surface area contributed by atoms with Gasteiger partial charge in [-0.3, -0.25) is 4.79 Å². The number of hydrogen-bond acceptors (Lipinski definition) is 1. The topological polar surface area (TPSA) is 29.1 Å². The average molecular weight is 334 g/mol. The summed E-state index contributed by atoms with van der Waals surface area (Å²) in [6.07, 6.45) is 0. The number of aryl methyl sites for hydroxylation is 1. The highest BCUT2D eigenvalue weighted by Crippen LogP contribution is 2.02. The van der Waals surface area contributed by atoms with E-state index in [2.05, 4.69) is 5.32 Å². The summed E-state index contributed by atoms with van der Waals surface area (Å²) in [5.41, 5.74) is 1.88. The van der Waals surface area contributed by atoms with Crippen molar-refractivity contribution in [1.82, 2.24) is 5.32 Å². The molecular weight excluding hydrogens is 315 g/mol. The normalized spacial score (nSPS) is 10.5. The first-order valence-corrected chi connectivity index (χ1v) is 5.04. The molecule has 0 aromatic heterocycles. The highest BCUT2D eigenvalue weighted by molar-refractivity contribution is 5.94. The average Bonchev–Trinajstić information content (AvgIpc) is 2.14. The van der Waals surface area contributed by atoms with Crippen LogP contribution in [0, 0.1) is 6.92 Å². The molecule has 4 heteroatoms. The Morgan fingerprint density at radius 1 is 1.19 bits per heavy atom. The van der Waals surface area contributed by atoms with Crippen molar-refractivity contribution in [2.45, 2.75) is 6.92 Å². The molecule has 0 radical (unpaired) electrons. The Hall–Kier alpha value is -0.620. The molecule has 0 aliphatic heterocycles. The molecule has 0 saturated carbocycles. The van der Waals surface area contributed by atoms with Crippen molar-refractivity contribution in [3.05, 3.63) is 35.4 Å². The zero-order valence-corrected chi connectivity index (χ0v) is 12.4. The molecular formula is C12H19IN2O.